The van der Waals surface area contributed by atoms with Crippen LogP contribution in [0.4, 0.5) is 10.8 Å². The summed E-state index contributed by atoms with van der Waals surface area (Å²) >= 11 is 0. The number of hydrogen-bond acceptors (Lipinski definition) is 7. The molecule has 4 amide bonds. The number of hydrogen-bond donors (Lipinski definition) is 3. The first kappa shape index (κ1) is 18.2. The number of nitrogens with one attached hydrogen (secondary N) is 1. The van der Waals surface area contributed by atoms with E-state index in [1.54, 1.807) is 6.92 Å². The van der Waals surface area contributed by atoms with Gasteiger partial charge in [0.1, 0.15) is 5.52 Å². The molecule has 0 radical (unpaired) electrons. The fourth-order valence-electron chi connectivity index (χ4n) is 2.80. The van der Waals surface area contributed by atoms with Crippen LogP contribution in [0.25, 0.3) is 11.1 Å². The van der Waals surface area contributed by atoms with Gasteiger partial charge in [0.2, 0.25) is 0 Å². The molecule has 142 valence electrons. The van der Waals surface area contributed by atoms with Crippen LogP contribution in [-0.2, 0) is 14.4 Å². The van der Waals surface area contributed by atoms with Gasteiger partial charge >= 0.3 is 23.8 Å². The number of oxazole rings is 1. The average molecular weight is 375 g/mol. The van der Waals surface area contributed by atoms with E-state index in [9.17, 15) is 24.3 Å². The number of benzene rings is 1. The molecule has 2 heterocycles. The van der Waals surface area contributed by atoms with Crippen molar-refractivity contribution in [1.29, 1.82) is 0 Å². The highest BCUT2D eigenvalue weighted by molar-refractivity contribution is 6.38. The number of amides is 4. The molecular formula is C16H17N5O6. The molecule has 0 aliphatic carbocycles. The van der Waals surface area contributed by atoms with Crippen LogP contribution in [0.3, 0.4) is 0 Å². The zero-order valence-electron chi connectivity index (χ0n) is 14.3. The number of nitrogen functional groups attached to an aromatic ring is 1. The molecule has 0 saturated carbocycles. The average Bonchev–Trinajstić information content (AvgIpc) is 3.00. The first-order valence-corrected chi connectivity index (χ1v) is 8.11. The van der Waals surface area contributed by atoms with E-state index in [0.29, 0.717) is 22.5 Å². The third kappa shape index (κ3) is 3.38. The maximum atomic E-state index is 12.4. The van der Waals surface area contributed by atoms with Crippen LogP contribution in [0, 0.1) is 0 Å². The number of fused-ring (bicyclic) bond motifs is 1. The van der Waals surface area contributed by atoms with Crippen LogP contribution in [0.2, 0.25) is 0 Å². The van der Waals surface area contributed by atoms with Crippen molar-refractivity contribution in [3.63, 3.8) is 0 Å². The molecule has 27 heavy (non-hydrogen) atoms. The number of piperazine rings is 1. The summed E-state index contributed by atoms with van der Waals surface area (Å²) in [5.41, 5.74) is 6.36. The number of likely N-dealkylation sites (N-methyl/N-ethyl adjacent to an activating group) is 1. The minimum Gasteiger partial charge on any atom is -0.479 e. The number of urea groups is 1. The number of aromatic nitrogens is 1. The summed E-state index contributed by atoms with van der Waals surface area (Å²) in [4.78, 5) is 54.0. The van der Waals surface area contributed by atoms with E-state index in [0.717, 1.165) is 0 Å². The molecule has 1 aromatic heterocycles. The number of nitrogens with zero attached hydrogens (tertiary/aromatic N) is 3. The summed E-state index contributed by atoms with van der Waals surface area (Å²) in [5.74, 6) is -3.14. The Hall–Kier alpha value is -3.63. The Morgan fingerprint density at radius 3 is 2.74 bits per heavy atom. The zero-order chi connectivity index (χ0) is 19.7. The summed E-state index contributed by atoms with van der Waals surface area (Å²) in [7, 11) is 0. The van der Waals surface area contributed by atoms with Crippen molar-refractivity contribution in [2.24, 2.45) is 0 Å². The van der Waals surface area contributed by atoms with Crippen LogP contribution < -0.4 is 11.1 Å². The number of anilines is 1. The Morgan fingerprint density at radius 2 is 2.07 bits per heavy atom. The van der Waals surface area contributed by atoms with Crippen molar-refractivity contribution in [2.45, 2.75) is 13.0 Å². The second-order valence-electron chi connectivity index (χ2n) is 5.84. The van der Waals surface area contributed by atoms with Gasteiger partial charge in [0.05, 0.1) is 0 Å². The van der Waals surface area contributed by atoms with E-state index in [1.165, 1.54) is 23.1 Å². The molecule has 1 aromatic carbocycles. The monoisotopic (exact) mass is 375 g/mol. The van der Waals surface area contributed by atoms with Gasteiger partial charge in [0, 0.05) is 19.6 Å². The summed E-state index contributed by atoms with van der Waals surface area (Å²) in [6.45, 7) is 2.23. The molecule has 3 rings (SSSR count). The van der Waals surface area contributed by atoms with Gasteiger partial charge in [0.25, 0.3) is 6.01 Å². The highest BCUT2D eigenvalue weighted by Gasteiger charge is 2.37. The number of imide groups is 1. The Bertz CT molecular complexity index is 939. The minimum atomic E-state index is -1.45. The predicted molar refractivity (Wildman–Crippen MR) is 91.3 cm³/mol. The summed E-state index contributed by atoms with van der Waals surface area (Å²) in [5, 5.41) is 11.8. The van der Waals surface area contributed by atoms with Gasteiger partial charge in [-0.2, -0.15) is 4.98 Å². The number of aliphatic carboxylic acids is 1. The third-order valence-corrected chi connectivity index (χ3v) is 4.21. The van der Waals surface area contributed by atoms with Crippen molar-refractivity contribution >= 4 is 40.9 Å². The number of rotatable bonds is 4. The van der Waals surface area contributed by atoms with Crippen LogP contribution in [0.15, 0.2) is 22.6 Å². The standard InChI is InChI=1S/C16H17N5O6/c1-2-20-5-6-21(13(23)12(20)22)16(26)19-11(14(24)25)8-3-4-10-9(7-8)18-15(17)27-10/h3-4,7,11H,2,5-6H2,1H3,(H2,17,18)(H,19,26)(H,24,25). The number of carboxylic acids is 1. The first-order valence-electron chi connectivity index (χ1n) is 8.11. The quantitative estimate of drug-likeness (QED) is 0.627. The molecule has 1 aliphatic rings. The lowest BCUT2D eigenvalue weighted by molar-refractivity contribution is -0.153. The number of carboxylic acid groups (broad SMARTS) is 1. The minimum absolute atomic E-state index is 0.0184. The molecule has 1 atom stereocenters. The molecular weight excluding hydrogens is 358 g/mol. The van der Waals surface area contributed by atoms with E-state index in [2.05, 4.69) is 10.3 Å². The summed E-state index contributed by atoms with van der Waals surface area (Å²) in [6, 6.07) is 1.84. The highest BCUT2D eigenvalue weighted by Crippen LogP contribution is 2.22. The van der Waals surface area contributed by atoms with Crippen LogP contribution >= 0.6 is 0 Å². The lowest BCUT2D eigenvalue weighted by Gasteiger charge is -2.32. The Labute approximate surface area is 152 Å². The van der Waals surface area contributed by atoms with Crippen molar-refractivity contribution in [3.8, 4) is 0 Å². The third-order valence-electron chi connectivity index (χ3n) is 4.21. The summed E-state index contributed by atoms with van der Waals surface area (Å²) < 4.78 is 5.12. The van der Waals surface area contributed by atoms with Gasteiger partial charge in [-0.05, 0) is 24.6 Å². The molecule has 4 N–H and O–H groups in total. The highest BCUT2D eigenvalue weighted by atomic mass is 16.4. The Balaban J connectivity index is 1.81. The van der Waals surface area contributed by atoms with Gasteiger partial charge in [-0.1, -0.05) is 6.07 Å². The fraction of sp³-hybridized carbons (Fsp3) is 0.312. The molecule has 0 bridgehead atoms. The molecule has 1 fully saturated rings. The second kappa shape index (κ2) is 6.94. The Kier molecular flexibility index (Phi) is 4.67. The number of nitrogens with two attached hydrogens (primary N) is 1. The van der Waals surface area contributed by atoms with Crippen LogP contribution in [0.5, 0.6) is 0 Å². The largest absolute Gasteiger partial charge is 0.479 e. The predicted octanol–water partition coefficient (Wildman–Crippen LogP) is -0.0640. The van der Waals surface area contributed by atoms with E-state index in [4.69, 9.17) is 10.2 Å². The van der Waals surface area contributed by atoms with E-state index in [1.807, 2.05) is 0 Å². The summed E-state index contributed by atoms with van der Waals surface area (Å²) in [6.07, 6.45) is 0. The van der Waals surface area contributed by atoms with Gasteiger partial charge in [-0.25, -0.2) is 9.59 Å². The first-order chi connectivity index (χ1) is 12.8. The van der Waals surface area contributed by atoms with E-state index < -0.39 is 29.9 Å². The number of carbonyl (C=O) groups is 4. The Morgan fingerprint density at radius 1 is 1.33 bits per heavy atom. The molecule has 2 aromatic rings. The van der Waals surface area contributed by atoms with Gasteiger partial charge < -0.3 is 25.5 Å². The SMILES string of the molecule is CCN1CCN(C(=O)NC(C(=O)O)c2ccc3oc(N)nc3c2)C(=O)C1=O. The van der Waals surface area contributed by atoms with Crippen LogP contribution in [0.1, 0.15) is 18.5 Å². The molecule has 0 spiro atoms. The molecule has 1 unspecified atom stereocenters. The lowest BCUT2D eigenvalue weighted by atomic mass is 10.1. The maximum absolute atomic E-state index is 12.4. The molecule has 11 nitrogen and oxygen atoms in total. The van der Waals surface area contributed by atoms with Crippen LogP contribution in [-0.4, -0.2) is 63.3 Å². The van der Waals surface area contributed by atoms with Crippen molar-refractivity contribution in [3.05, 3.63) is 23.8 Å². The van der Waals surface area contributed by atoms with Gasteiger partial charge in [0.15, 0.2) is 11.6 Å². The van der Waals surface area contributed by atoms with Gasteiger partial charge in [-0.15, -0.1) is 0 Å². The molecule has 1 saturated heterocycles. The maximum Gasteiger partial charge on any atom is 0.330 e. The fourth-order valence-corrected chi connectivity index (χ4v) is 2.80. The van der Waals surface area contributed by atoms with Crippen molar-refractivity contribution in [1.82, 2.24) is 20.1 Å². The molecule has 11 heteroatoms. The van der Waals surface area contributed by atoms with E-state index >= 15 is 0 Å². The second-order valence-corrected chi connectivity index (χ2v) is 5.84. The van der Waals surface area contributed by atoms with Crippen molar-refractivity contribution in [2.75, 3.05) is 25.4 Å². The zero-order valence-corrected chi connectivity index (χ0v) is 14.3. The smallest absolute Gasteiger partial charge is 0.330 e. The van der Waals surface area contributed by atoms with Gasteiger partial charge in [-0.3, -0.25) is 14.5 Å². The van der Waals surface area contributed by atoms with E-state index in [-0.39, 0.29) is 24.7 Å². The normalized spacial score (nSPS) is 15.9. The lowest BCUT2D eigenvalue weighted by Crippen LogP contribution is -2.58. The van der Waals surface area contributed by atoms with Crippen molar-refractivity contribution < 1.29 is 28.7 Å². The number of carbonyl (C=O) groups excluding carboxylic acids is 3. The topological polar surface area (TPSA) is 159 Å². The molecule has 1 aliphatic heterocycles.